The predicted molar refractivity (Wildman–Crippen MR) is 62.5 cm³/mol. The van der Waals surface area contributed by atoms with Crippen LogP contribution < -0.4 is 5.73 Å². The molecule has 2 N–H and O–H groups in total. The van der Waals surface area contributed by atoms with E-state index in [1.54, 1.807) is 4.68 Å². The third kappa shape index (κ3) is 1.64. The van der Waals surface area contributed by atoms with Gasteiger partial charge in [0.25, 0.3) is 5.95 Å². The van der Waals surface area contributed by atoms with Crippen molar-refractivity contribution < 1.29 is 0 Å². The van der Waals surface area contributed by atoms with Crippen molar-refractivity contribution in [1.82, 2.24) is 19.7 Å². The summed E-state index contributed by atoms with van der Waals surface area (Å²) >= 11 is 0. The minimum atomic E-state index is 0.579. The third-order valence-corrected chi connectivity index (χ3v) is 2.51. The zero-order valence-electron chi connectivity index (χ0n) is 9.94. The second kappa shape index (κ2) is 3.59. The van der Waals surface area contributed by atoms with E-state index in [0.29, 0.717) is 11.6 Å². The molecule has 0 aliphatic rings. The van der Waals surface area contributed by atoms with Crippen molar-refractivity contribution in [3.63, 3.8) is 0 Å². The lowest BCUT2D eigenvalue weighted by atomic mass is 10.3. The van der Waals surface area contributed by atoms with E-state index in [-0.39, 0.29) is 0 Å². The van der Waals surface area contributed by atoms with Gasteiger partial charge in [0.1, 0.15) is 0 Å². The summed E-state index contributed by atoms with van der Waals surface area (Å²) in [6.07, 6.45) is 0. The van der Waals surface area contributed by atoms with Crippen molar-refractivity contribution in [3.05, 3.63) is 28.8 Å². The van der Waals surface area contributed by atoms with Crippen molar-refractivity contribution in [2.45, 2.75) is 27.7 Å². The van der Waals surface area contributed by atoms with Gasteiger partial charge in [-0.15, -0.1) is 0 Å². The minimum Gasteiger partial charge on any atom is -0.396 e. The average molecular weight is 217 g/mol. The van der Waals surface area contributed by atoms with Crippen LogP contribution in [0.1, 0.15) is 22.8 Å². The summed E-state index contributed by atoms with van der Waals surface area (Å²) in [5, 5.41) is 4.34. The minimum absolute atomic E-state index is 0.579. The molecule has 16 heavy (non-hydrogen) atoms. The Kier molecular flexibility index (Phi) is 2.38. The SMILES string of the molecule is Cc1cc(C)n(-c2nc(C)c(N)c(C)n2)n1. The van der Waals surface area contributed by atoms with E-state index < -0.39 is 0 Å². The summed E-state index contributed by atoms with van der Waals surface area (Å²) in [7, 11) is 0. The van der Waals surface area contributed by atoms with Gasteiger partial charge in [-0.25, -0.2) is 14.6 Å². The van der Waals surface area contributed by atoms with E-state index >= 15 is 0 Å². The van der Waals surface area contributed by atoms with Crippen molar-refractivity contribution >= 4 is 5.69 Å². The molecule has 0 saturated carbocycles. The Morgan fingerprint density at radius 2 is 1.62 bits per heavy atom. The summed E-state index contributed by atoms with van der Waals surface area (Å²) in [6.45, 7) is 7.67. The first kappa shape index (κ1) is 10.6. The molecule has 0 aliphatic heterocycles. The molecule has 2 heterocycles. The highest BCUT2D eigenvalue weighted by molar-refractivity contribution is 5.47. The zero-order chi connectivity index (χ0) is 11.9. The number of nitrogens with zero attached hydrogens (tertiary/aromatic N) is 4. The Bertz CT molecular complexity index is 518. The normalized spacial score (nSPS) is 10.8. The topological polar surface area (TPSA) is 69.6 Å². The fraction of sp³-hybridized carbons (Fsp3) is 0.364. The lowest BCUT2D eigenvalue weighted by Crippen LogP contribution is -2.09. The van der Waals surface area contributed by atoms with E-state index in [1.165, 1.54) is 0 Å². The van der Waals surface area contributed by atoms with Gasteiger partial charge in [0.2, 0.25) is 0 Å². The van der Waals surface area contributed by atoms with Crippen LogP contribution in [0.25, 0.3) is 5.95 Å². The Hall–Kier alpha value is -1.91. The summed E-state index contributed by atoms with van der Waals surface area (Å²) < 4.78 is 1.73. The molecule has 2 rings (SSSR count). The molecule has 0 aliphatic carbocycles. The molecular formula is C11H15N5. The first-order valence-electron chi connectivity index (χ1n) is 5.13. The number of rotatable bonds is 1. The quantitative estimate of drug-likeness (QED) is 0.785. The van der Waals surface area contributed by atoms with E-state index in [2.05, 4.69) is 15.1 Å². The zero-order valence-corrected chi connectivity index (χ0v) is 9.94. The molecule has 5 nitrogen and oxygen atoms in total. The van der Waals surface area contributed by atoms with Crippen molar-refractivity contribution in [1.29, 1.82) is 0 Å². The standard InChI is InChI=1S/C11H15N5/c1-6-5-7(2)16(15-6)11-13-8(3)10(12)9(4)14-11/h5H,12H2,1-4H3. The number of aryl methyl sites for hydroxylation is 4. The molecule has 0 unspecified atom stereocenters. The summed E-state index contributed by atoms with van der Waals surface area (Å²) in [5.74, 6) is 0.579. The van der Waals surface area contributed by atoms with E-state index in [4.69, 9.17) is 5.73 Å². The Balaban J connectivity index is 2.61. The maximum atomic E-state index is 5.82. The second-order valence-corrected chi connectivity index (χ2v) is 3.95. The summed E-state index contributed by atoms with van der Waals surface area (Å²) in [5.41, 5.74) is 10.0. The fourth-order valence-electron chi connectivity index (χ4n) is 1.63. The van der Waals surface area contributed by atoms with Gasteiger partial charge in [0.15, 0.2) is 0 Å². The Morgan fingerprint density at radius 1 is 1.06 bits per heavy atom. The fourth-order valence-corrected chi connectivity index (χ4v) is 1.63. The highest BCUT2D eigenvalue weighted by Gasteiger charge is 2.10. The van der Waals surface area contributed by atoms with Gasteiger partial charge in [0.05, 0.1) is 22.8 Å². The van der Waals surface area contributed by atoms with Gasteiger partial charge in [-0.05, 0) is 33.8 Å². The smallest absolute Gasteiger partial charge is 0.251 e. The van der Waals surface area contributed by atoms with Gasteiger partial charge in [0, 0.05) is 5.69 Å². The van der Waals surface area contributed by atoms with Crippen LogP contribution in [0, 0.1) is 27.7 Å². The van der Waals surface area contributed by atoms with Crippen LogP contribution in [-0.4, -0.2) is 19.7 Å². The molecule has 0 fully saturated rings. The molecule has 2 aromatic rings. The van der Waals surface area contributed by atoms with Crippen LogP contribution >= 0.6 is 0 Å². The molecule has 0 radical (unpaired) electrons. The lowest BCUT2D eigenvalue weighted by molar-refractivity contribution is 0.764. The number of nitrogen functional groups attached to an aromatic ring is 1. The van der Waals surface area contributed by atoms with Crippen LogP contribution in [0.3, 0.4) is 0 Å². The Labute approximate surface area is 94.3 Å². The number of aromatic nitrogens is 4. The highest BCUT2D eigenvalue weighted by atomic mass is 15.4. The molecule has 0 spiro atoms. The van der Waals surface area contributed by atoms with Crippen LogP contribution in [0.2, 0.25) is 0 Å². The lowest BCUT2D eigenvalue weighted by Gasteiger charge is -2.07. The third-order valence-electron chi connectivity index (χ3n) is 2.51. The molecule has 2 aromatic heterocycles. The highest BCUT2D eigenvalue weighted by Crippen LogP contribution is 2.15. The van der Waals surface area contributed by atoms with Crippen molar-refractivity contribution in [2.75, 3.05) is 5.73 Å². The van der Waals surface area contributed by atoms with Gasteiger partial charge < -0.3 is 5.73 Å². The molecule has 0 bridgehead atoms. The van der Waals surface area contributed by atoms with Crippen LogP contribution in [0.4, 0.5) is 5.69 Å². The molecule has 0 aromatic carbocycles. The molecule has 5 heteroatoms. The van der Waals surface area contributed by atoms with Gasteiger partial charge >= 0.3 is 0 Å². The molecule has 0 atom stereocenters. The average Bonchev–Trinajstić information content (AvgIpc) is 2.53. The first-order valence-corrected chi connectivity index (χ1v) is 5.13. The molecule has 84 valence electrons. The predicted octanol–water partition coefficient (Wildman–Crippen LogP) is 1.48. The maximum absolute atomic E-state index is 5.82. The summed E-state index contributed by atoms with van der Waals surface area (Å²) in [6, 6.07) is 1.99. The maximum Gasteiger partial charge on any atom is 0.251 e. The van der Waals surface area contributed by atoms with Crippen molar-refractivity contribution in [3.8, 4) is 5.95 Å². The second-order valence-electron chi connectivity index (χ2n) is 3.95. The van der Waals surface area contributed by atoms with Gasteiger partial charge in [-0.1, -0.05) is 0 Å². The largest absolute Gasteiger partial charge is 0.396 e. The summed E-state index contributed by atoms with van der Waals surface area (Å²) in [4.78, 5) is 8.68. The van der Waals surface area contributed by atoms with Crippen LogP contribution in [0.15, 0.2) is 6.07 Å². The van der Waals surface area contributed by atoms with E-state index in [1.807, 2.05) is 33.8 Å². The molecular weight excluding hydrogens is 202 g/mol. The van der Waals surface area contributed by atoms with E-state index in [9.17, 15) is 0 Å². The number of hydrogen-bond donors (Lipinski definition) is 1. The first-order chi connectivity index (χ1) is 7.49. The van der Waals surface area contributed by atoms with Crippen LogP contribution in [-0.2, 0) is 0 Å². The number of anilines is 1. The monoisotopic (exact) mass is 217 g/mol. The van der Waals surface area contributed by atoms with E-state index in [0.717, 1.165) is 22.8 Å². The number of nitrogens with two attached hydrogens (primary N) is 1. The Morgan fingerprint density at radius 3 is 2.06 bits per heavy atom. The molecule has 0 saturated heterocycles. The van der Waals surface area contributed by atoms with Gasteiger partial charge in [-0.3, -0.25) is 0 Å². The number of hydrogen-bond acceptors (Lipinski definition) is 4. The van der Waals surface area contributed by atoms with Crippen LogP contribution in [0.5, 0.6) is 0 Å². The molecule has 0 amide bonds. The van der Waals surface area contributed by atoms with Crippen molar-refractivity contribution in [2.24, 2.45) is 0 Å². The van der Waals surface area contributed by atoms with Gasteiger partial charge in [-0.2, -0.15) is 5.10 Å².